The Hall–Kier alpha value is -3.26. The number of nitriles is 2. The second-order valence-corrected chi connectivity index (χ2v) is 13.0. The number of carbonyl (C=O) groups excluding carboxylic acids is 2. The number of carbonyl (C=O) groups is 2. The van der Waals surface area contributed by atoms with Gasteiger partial charge in [-0.2, -0.15) is 10.5 Å². The molecule has 4 unspecified atom stereocenters. The predicted octanol–water partition coefficient (Wildman–Crippen LogP) is 5.59. The van der Waals surface area contributed by atoms with Crippen molar-refractivity contribution in [3.8, 4) is 12.1 Å². The van der Waals surface area contributed by atoms with Crippen molar-refractivity contribution >= 4 is 11.9 Å². The molecule has 0 aromatic heterocycles. The number of allylic oxidation sites excluding steroid dienone is 5. The van der Waals surface area contributed by atoms with Crippen molar-refractivity contribution in [2.75, 3.05) is 13.2 Å². The van der Waals surface area contributed by atoms with Gasteiger partial charge in [0.2, 0.25) is 0 Å². The van der Waals surface area contributed by atoms with Crippen LogP contribution in [0, 0.1) is 45.3 Å². The molecule has 0 aliphatic heterocycles. The molecule has 1 fully saturated rings. The van der Waals surface area contributed by atoms with Crippen LogP contribution >= 0.6 is 0 Å². The highest BCUT2D eigenvalue weighted by atomic mass is 16.5. The molecule has 3 aliphatic rings. The first kappa shape index (κ1) is 31.3. The zero-order valence-electron chi connectivity index (χ0n) is 25.1. The van der Waals surface area contributed by atoms with Crippen molar-refractivity contribution in [2.24, 2.45) is 22.7 Å². The Kier molecular flexibility index (Phi) is 10.5. The number of nitrogens with zero attached hydrogens (tertiary/aromatic N) is 2. The molecule has 0 spiro atoms. The van der Waals surface area contributed by atoms with Crippen LogP contribution in [0.15, 0.2) is 34.7 Å². The summed E-state index contributed by atoms with van der Waals surface area (Å²) in [6, 6.07) is 4.62. The van der Waals surface area contributed by atoms with Gasteiger partial charge in [0, 0.05) is 29.4 Å². The number of rotatable bonds is 9. The maximum absolute atomic E-state index is 12.5. The van der Waals surface area contributed by atoms with Crippen LogP contribution in [0.1, 0.15) is 92.9 Å². The van der Waals surface area contributed by atoms with E-state index in [1.165, 1.54) is 0 Å². The molecule has 0 heterocycles. The monoisotopic (exact) mass is 550 g/mol. The summed E-state index contributed by atoms with van der Waals surface area (Å²) in [4.78, 5) is 25.0. The van der Waals surface area contributed by atoms with E-state index in [0.717, 1.165) is 61.9 Å². The molecule has 4 atom stereocenters. The van der Waals surface area contributed by atoms with Gasteiger partial charge in [-0.25, -0.2) is 4.79 Å². The summed E-state index contributed by atoms with van der Waals surface area (Å²) in [5.41, 5.74) is 2.75. The maximum Gasteiger partial charge on any atom is 0.349 e. The molecule has 3 rings (SSSR count). The second kappa shape index (κ2) is 13.4. The fourth-order valence-corrected chi connectivity index (χ4v) is 6.53. The van der Waals surface area contributed by atoms with Crippen LogP contribution in [0.5, 0.6) is 0 Å². The first-order chi connectivity index (χ1) is 18.9. The molecule has 0 radical (unpaired) electrons. The highest BCUT2D eigenvalue weighted by Gasteiger charge is 2.38. The standard InChI is InChI=1S/C32H46N4O4/c1-7-39-29(37)25(19-33)21-13-23(17-31(3,4)15-21)35-27-11-9-10-12-28(27)36-24-14-22(16-32(5,6)18-24)26(20-34)30(38)40-8-2/h13-14,21,25,27-28,35-36H,7-12,15-18H2,1-6H3. The van der Waals surface area contributed by atoms with Gasteiger partial charge in [-0.3, -0.25) is 4.79 Å². The summed E-state index contributed by atoms with van der Waals surface area (Å²) in [5.74, 6) is -2.03. The Morgan fingerprint density at radius 1 is 0.950 bits per heavy atom. The predicted molar refractivity (Wildman–Crippen MR) is 153 cm³/mol. The summed E-state index contributed by atoms with van der Waals surface area (Å²) in [5, 5.41) is 27.1. The van der Waals surface area contributed by atoms with Crippen molar-refractivity contribution in [3.63, 3.8) is 0 Å². The number of esters is 2. The van der Waals surface area contributed by atoms with E-state index in [-0.39, 0.29) is 47.6 Å². The molecular formula is C32H46N4O4. The summed E-state index contributed by atoms with van der Waals surface area (Å²) in [6.45, 7) is 12.7. The molecule has 2 N–H and O–H groups in total. The zero-order valence-corrected chi connectivity index (χ0v) is 25.1. The van der Waals surface area contributed by atoms with Gasteiger partial charge in [-0.1, -0.05) is 46.6 Å². The van der Waals surface area contributed by atoms with E-state index in [2.05, 4.69) is 56.5 Å². The van der Waals surface area contributed by atoms with Crippen LogP contribution < -0.4 is 10.6 Å². The first-order valence-corrected chi connectivity index (χ1v) is 14.7. The third-order valence-corrected chi connectivity index (χ3v) is 8.09. The van der Waals surface area contributed by atoms with Gasteiger partial charge in [0.1, 0.15) is 17.6 Å². The minimum Gasteiger partial charge on any atom is -0.465 e. The molecule has 0 aromatic rings. The normalized spacial score (nSPS) is 27.4. The Balaban J connectivity index is 1.84. The average Bonchev–Trinajstić information content (AvgIpc) is 2.84. The van der Waals surface area contributed by atoms with E-state index in [1.54, 1.807) is 13.8 Å². The SMILES string of the molecule is CCOC(=O)C(C#N)=C1C=C(NC2CCCCC2NC2=CC(C(C#N)C(=O)OCC)CC(C)(C)C2)CC(C)(C)C1. The lowest BCUT2D eigenvalue weighted by Gasteiger charge is -2.41. The van der Waals surface area contributed by atoms with Crippen LogP contribution in [0.4, 0.5) is 0 Å². The van der Waals surface area contributed by atoms with Gasteiger partial charge < -0.3 is 20.1 Å². The maximum atomic E-state index is 12.5. The molecular weight excluding hydrogens is 504 g/mol. The van der Waals surface area contributed by atoms with E-state index >= 15 is 0 Å². The molecule has 0 saturated heterocycles. The molecule has 40 heavy (non-hydrogen) atoms. The summed E-state index contributed by atoms with van der Waals surface area (Å²) < 4.78 is 10.3. The smallest absolute Gasteiger partial charge is 0.349 e. The number of ether oxygens (including phenoxy) is 2. The lowest BCUT2D eigenvalue weighted by Crippen LogP contribution is -2.50. The summed E-state index contributed by atoms with van der Waals surface area (Å²) in [6.07, 6.45) is 11.4. The van der Waals surface area contributed by atoms with Crippen molar-refractivity contribution in [2.45, 2.75) is 105 Å². The van der Waals surface area contributed by atoms with Crippen LogP contribution in [0.2, 0.25) is 0 Å². The Labute approximate surface area is 239 Å². The number of hydrogen-bond donors (Lipinski definition) is 2. The van der Waals surface area contributed by atoms with E-state index in [9.17, 15) is 20.1 Å². The molecule has 1 saturated carbocycles. The third kappa shape index (κ3) is 8.13. The lowest BCUT2D eigenvalue weighted by molar-refractivity contribution is -0.147. The van der Waals surface area contributed by atoms with Crippen molar-refractivity contribution in [1.29, 1.82) is 10.5 Å². The molecule has 3 aliphatic carbocycles. The lowest BCUT2D eigenvalue weighted by atomic mass is 9.70. The minimum absolute atomic E-state index is 0.0582. The van der Waals surface area contributed by atoms with Crippen LogP contribution in [0.25, 0.3) is 0 Å². The van der Waals surface area contributed by atoms with Gasteiger partial charge in [-0.05, 0) is 74.9 Å². The zero-order chi connectivity index (χ0) is 29.5. The van der Waals surface area contributed by atoms with E-state index in [4.69, 9.17) is 9.47 Å². The van der Waals surface area contributed by atoms with Crippen molar-refractivity contribution in [1.82, 2.24) is 10.6 Å². The molecule has 0 bridgehead atoms. The molecule has 0 aromatic carbocycles. The quantitative estimate of drug-likeness (QED) is 0.216. The van der Waals surface area contributed by atoms with Crippen molar-refractivity contribution < 1.29 is 19.1 Å². The van der Waals surface area contributed by atoms with Crippen LogP contribution in [0.3, 0.4) is 0 Å². The first-order valence-electron chi connectivity index (χ1n) is 14.7. The highest BCUT2D eigenvalue weighted by Crippen LogP contribution is 2.42. The summed E-state index contributed by atoms with van der Waals surface area (Å²) >= 11 is 0. The fraction of sp³-hybridized carbons (Fsp3) is 0.688. The number of hydrogen-bond acceptors (Lipinski definition) is 8. The van der Waals surface area contributed by atoms with Crippen LogP contribution in [-0.4, -0.2) is 37.2 Å². The average molecular weight is 551 g/mol. The molecule has 8 heteroatoms. The molecule has 0 amide bonds. The van der Waals surface area contributed by atoms with Gasteiger partial charge >= 0.3 is 11.9 Å². The van der Waals surface area contributed by atoms with E-state index in [0.29, 0.717) is 6.42 Å². The van der Waals surface area contributed by atoms with Gasteiger partial charge in [0.05, 0.1) is 19.3 Å². The Morgan fingerprint density at radius 2 is 1.55 bits per heavy atom. The largest absolute Gasteiger partial charge is 0.465 e. The fourth-order valence-electron chi connectivity index (χ4n) is 6.53. The Morgan fingerprint density at radius 3 is 2.12 bits per heavy atom. The van der Waals surface area contributed by atoms with Gasteiger partial charge in [0.25, 0.3) is 0 Å². The van der Waals surface area contributed by atoms with E-state index in [1.807, 2.05) is 6.08 Å². The topological polar surface area (TPSA) is 124 Å². The highest BCUT2D eigenvalue weighted by molar-refractivity contribution is 5.94. The summed E-state index contributed by atoms with van der Waals surface area (Å²) in [7, 11) is 0. The van der Waals surface area contributed by atoms with E-state index < -0.39 is 17.9 Å². The minimum atomic E-state index is -0.815. The molecule has 218 valence electrons. The molecule has 8 nitrogen and oxygen atoms in total. The third-order valence-electron chi connectivity index (χ3n) is 8.09. The Bertz CT molecular complexity index is 1130. The second-order valence-electron chi connectivity index (χ2n) is 13.0. The van der Waals surface area contributed by atoms with Gasteiger partial charge in [-0.15, -0.1) is 0 Å². The number of nitrogens with one attached hydrogen (secondary N) is 2. The van der Waals surface area contributed by atoms with Crippen molar-refractivity contribution in [3.05, 3.63) is 34.7 Å². The van der Waals surface area contributed by atoms with Gasteiger partial charge in [0.15, 0.2) is 0 Å². The van der Waals surface area contributed by atoms with Crippen LogP contribution in [-0.2, 0) is 19.1 Å².